The van der Waals surface area contributed by atoms with E-state index in [0.29, 0.717) is 0 Å². The summed E-state index contributed by atoms with van der Waals surface area (Å²) in [7, 11) is 0. The molecule has 0 aliphatic carbocycles. The van der Waals surface area contributed by atoms with Gasteiger partial charge in [-0.3, -0.25) is 9.78 Å². The van der Waals surface area contributed by atoms with Crippen molar-refractivity contribution in [3.63, 3.8) is 0 Å². The quantitative estimate of drug-likeness (QED) is 0.539. The first kappa shape index (κ1) is 15.4. The van der Waals surface area contributed by atoms with Gasteiger partial charge in [-0.05, 0) is 24.1 Å². The summed E-state index contributed by atoms with van der Waals surface area (Å²) in [5.41, 5.74) is 5.77. The molecule has 1 rings (SSSR count). The summed E-state index contributed by atoms with van der Waals surface area (Å²) in [6, 6.07) is 1.67. The number of carbonyl (C=O) groups excluding carboxylic acids is 2. The highest BCUT2D eigenvalue weighted by Crippen LogP contribution is 1.98. The largest absolute Gasteiger partial charge is 0.480 e. The number of hydrogen-bond donors (Lipinski definition) is 4. The molecule has 1 aromatic heterocycles. The maximum atomic E-state index is 11.6. The van der Waals surface area contributed by atoms with E-state index in [1.54, 1.807) is 24.5 Å². The Morgan fingerprint density at radius 3 is 2.50 bits per heavy atom. The fourth-order valence-electron chi connectivity index (χ4n) is 1.44. The molecule has 0 spiro atoms. The molecule has 5 N–H and O–H groups in total. The van der Waals surface area contributed by atoms with Crippen LogP contribution in [0.25, 0.3) is 0 Å². The van der Waals surface area contributed by atoms with E-state index in [9.17, 15) is 14.4 Å². The van der Waals surface area contributed by atoms with Gasteiger partial charge < -0.3 is 21.5 Å². The lowest BCUT2D eigenvalue weighted by atomic mass is 10.1. The minimum absolute atomic E-state index is 0.0483. The Bertz CT molecular complexity index is 478. The molecule has 0 fully saturated rings. The van der Waals surface area contributed by atoms with Gasteiger partial charge in [-0.15, -0.1) is 0 Å². The van der Waals surface area contributed by atoms with Crippen molar-refractivity contribution in [1.29, 1.82) is 0 Å². The van der Waals surface area contributed by atoms with Crippen LogP contribution in [0, 0.1) is 0 Å². The fraction of sp³-hybridized carbons (Fsp3) is 0.333. The first-order valence-corrected chi connectivity index (χ1v) is 5.93. The van der Waals surface area contributed by atoms with Crippen LogP contribution in [0.5, 0.6) is 0 Å². The molecule has 0 saturated heterocycles. The predicted molar refractivity (Wildman–Crippen MR) is 69.5 cm³/mol. The van der Waals surface area contributed by atoms with Gasteiger partial charge in [0.2, 0.25) is 5.91 Å². The second-order valence-electron chi connectivity index (χ2n) is 4.08. The number of urea groups is 1. The summed E-state index contributed by atoms with van der Waals surface area (Å²) in [6.07, 6.45) is 3.01. The van der Waals surface area contributed by atoms with Crippen LogP contribution >= 0.6 is 0 Å². The van der Waals surface area contributed by atoms with Gasteiger partial charge in [0.25, 0.3) is 0 Å². The number of primary amides is 1. The Morgan fingerprint density at radius 1 is 1.30 bits per heavy atom. The van der Waals surface area contributed by atoms with E-state index in [4.69, 9.17) is 10.8 Å². The third-order valence-corrected chi connectivity index (χ3v) is 2.49. The van der Waals surface area contributed by atoms with Gasteiger partial charge in [-0.2, -0.15) is 0 Å². The van der Waals surface area contributed by atoms with E-state index in [2.05, 4.69) is 15.6 Å². The van der Waals surface area contributed by atoms with Crippen molar-refractivity contribution in [2.24, 2.45) is 5.73 Å². The van der Waals surface area contributed by atoms with Crippen molar-refractivity contribution in [3.05, 3.63) is 30.1 Å². The van der Waals surface area contributed by atoms with Gasteiger partial charge in [0.15, 0.2) is 0 Å². The molecule has 8 heteroatoms. The smallest absolute Gasteiger partial charge is 0.326 e. The van der Waals surface area contributed by atoms with Crippen molar-refractivity contribution < 1.29 is 19.5 Å². The monoisotopic (exact) mass is 280 g/mol. The predicted octanol–water partition coefficient (Wildman–Crippen LogP) is -0.401. The number of nitrogens with two attached hydrogens (primary N) is 1. The number of hydrogen-bond acceptors (Lipinski definition) is 4. The van der Waals surface area contributed by atoms with E-state index in [1.165, 1.54) is 0 Å². The number of carbonyl (C=O) groups is 3. The van der Waals surface area contributed by atoms with Crippen LogP contribution in [0.1, 0.15) is 18.4 Å². The van der Waals surface area contributed by atoms with Crippen molar-refractivity contribution in [2.75, 3.05) is 0 Å². The molecule has 108 valence electrons. The third kappa shape index (κ3) is 5.80. The Morgan fingerprint density at radius 2 is 1.95 bits per heavy atom. The SMILES string of the molecule is NC(=O)CCC(NC(=O)NCc1ccncc1)C(=O)O. The zero-order chi connectivity index (χ0) is 15.0. The molecule has 0 aliphatic rings. The molecule has 0 aromatic carbocycles. The molecular formula is C12H16N4O4. The molecule has 3 amide bonds. The molecule has 8 nitrogen and oxygen atoms in total. The van der Waals surface area contributed by atoms with Gasteiger partial charge in [0.1, 0.15) is 6.04 Å². The average molecular weight is 280 g/mol. The number of carboxylic acid groups (broad SMARTS) is 1. The number of aromatic nitrogens is 1. The van der Waals surface area contributed by atoms with Crippen molar-refractivity contribution >= 4 is 17.9 Å². The molecule has 0 bridgehead atoms. The summed E-state index contributed by atoms with van der Waals surface area (Å²) < 4.78 is 0. The summed E-state index contributed by atoms with van der Waals surface area (Å²) >= 11 is 0. The van der Waals surface area contributed by atoms with Crippen LogP contribution in [-0.4, -0.2) is 34.0 Å². The van der Waals surface area contributed by atoms with Gasteiger partial charge in [0.05, 0.1) is 0 Å². The highest BCUT2D eigenvalue weighted by molar-refractivity contribution is 5.83. The Kier molecular flexibility index (Phi) is 5.95. The van der Waals surface area contributed by atoms with Crippen LogP contribution in [0.15, 0.2) is 24.5 Å². The molecule has 20 heavy (non-hydrogen) atoms. The highest BCUT2D eigenvalue weighted by atomic mass is 16.4. The maximum absolute atomic E-state index is 11.6. The molecule has 0 radical (unpaired) electrons. The van der Waals surface area contributed by atoms with E-state index in [1.807, 2.05) is 0 Å². The molecule has 0 aliphatic heterocycles. The number of pyridine rings is 1. The van der Waals surface area contributed by atoms with E-state index < -0.39 is 23.9 Å². The highest BCUT2D eigenvalue weighted by Gasteiger charge is 2.20. The third-order valence-electron chi connectivity index (χ3n) is 2.49. The van der Waals surface area contributed by atoms with Gasteiger partial charge in [-0.1, -0.05) is 0 Å². The zero-order valence-electron chi connectivity index (χ0n) is 10.7. The van der Waals surface area contributed by atoms with Crippen LogP contribution < -0.4 is 16.4 Å². The number of carboxylic acids is 1. The summed E-state index contributed by atoms with van der Waals surface area (Å²) in [4.78, 5) is 36.9. The lowest BCUT2D eigenvalue weighted by molar-refractivity contribution is -0.139. The number of nitrogens with one attached hydrogen (secondary N) is 2. The Hall–Kier alpha value is -2.64. The van der Waals surface area contributed by atoms with Gasteiger partial charge >= 0.3 is 12.0 Å². The minimum atomic E-state index is -1.22. The second-order valence-corrected chi connectivity index (χ2v) is 4.08. The minimum Gasteiger partial charge on any atom is -0.480 e. The van der Waals surface area contributed by atoms with Crippen LogP contribution in [-0.2, 0) is 16.1 Å². The molecule has 1 unspecified atom stereocenters. The lowest BCUT2D eigenvalue weighted by Gasteiger charge is -2.14. The lowest BCUT2D eigenvalue weighted by Crippen LogP contribution is -2.46. The van der Waals surface area contributed by atoms with Gasteiger partial charge in [0, 0.05) is 25.4 Å². The van der Waals surface area contributed by atoms with Crippen LogP contribution in [0.2, 0.25) is 0 Å². The number of amides is 3. The van der Waals surface area contributed by atoms with Gasteiger partial charge in [-0.25, -0.2) is 9.59 Å². The van der Waals surface area contributed by atoms with Crippen molar-refractivity contribution in [3.8, 4) is 0 Å². The second kappa shape index (κ2) is 7.72. The Balaban J connectivity index is 2.41. The maximum Gasteiger partial charge on any atom is 0.326 e. The van der Waals surface area contributed by atoms with E-state index >= 15 is 0 Å². The van der Waals surface area contributed by atoms with Crippen LogP contribution in [0.4, 0.5) is 4.79 Å². The Labute approximate surface area is 115 Å². The van der Waals surface area contributed by atoms with Crippen molar-refractivity contribution in [1.82, 2.24) is 15.6 Å². The molecular weight excluding hydrogens is 264 g/mol. The number of nitrogens with zero attached hydrogens (tertiary/aromatic N) is 1. The van der Waals surface area contributed by atoms with Crippen molar-refractivity contribution in [2.45, 2.75) is 25.4 Å². The van der Waals surface area contributed by atoms with Crippen LogP contribution in [0.3, 0.4) is 0 Å². The zero-order valence-corrected chi connectivity index (χ0v) is 10.7. The fourth-order valence-corrected chi connectivity index (χ4v) is 1.44. The normalized spacial score (nSPS) is 11.4. The molecule has 0 saturated carbocycles. The number of aliphatic carboxylic acids is 1. The number of rotatable bonds is 7. The summed E-state index contributed by atoms with van der Waals surface area (Å²) in [5, 5.41) is 13.7. The standard InChI is InChI=1S/C12H16N4O4/c13-10(17)2-1-9(11(18)19)16-12(20)15-7-8-3-5-14-6-4-8/h3-6,9H,1-2,7H2,(H2,13,17)(H,18,19)(H2,15,16,20). The van der Waals surface area contributed by atoms with E-state index in [0.717, 1.165) is 5.56 Å². The summed E-state index contributed by atoms with van der Waals surface area (Å²) in [6.45, 7) is 0.247. The average Bonchev–Trinajstić information content (AvgIpc) is 2.41. The van der Waals surface area contributed by atoms with E-state index in [-0.39, 0.29) is 19.4 Å². The first-order chi connectivity index (χ1) is 9.49. The first-order valence-electron chi connectivity index (χ1n) is 5.93. The molecule has 1 aromatic rings. The summed E-state index contributed by atoms with van der Waals surface area (Å²) in [5.74, 6) is -1.83. The topological polar surface area (TPSA) is 134 Å². The molecule has 1 heterocycles. The molecule has 1 atom stereocenters.